The predicted octanol–water partition coefficient (Wildman–Crippen LogP) is 2.96. The molecule has 1 saturated heterocycles. The molecule has 1 aromatic heterocycles. The average molecular weight is 473 g/mol. The van der Waals surface area contributed by atoms with Crippen LogP contribution in [0.2, 0.25) is 0 Å². The number of pyridine rings is 1. The number of benzene rings is 1. The van der Waals surface area contributed by atoms with Crippen molar-refractivity contribution in [3.63, 3.8) is 0 Å². The van der Waals surface area contributed by atoms with Crippen LogP contribution in [0.1, 0.15) is 38.7 Å². The first-order valence-electron chi connectivity index (χ1n) is 11.3. The minimum atomic E-state index is -3.86. The van der Waals surface area contributed by atoms with E-state index in [9.17, 15) is 18.0 Å². The van der Waals surface area contributed by atoms with Crippen LogP contribution in [-0.2, 0) is 19.6 Å². The Morgan fingerprint density at radius 1 is 1.15 bits per heavy atom. The van der Waals surface area contributed by atoms with Gasteiger partial charge in [0.1, 0.15) is 11.9 Å². The molecule has 2 aromatic rings. The van der Waals surface area contributed by atoms with Crippen molar-refractivity contribution in [2.45, 2.75) is 51.0 Å². The summed E-state index contributed by atoms with van der Waals surface area (Å²) in [6.07, 6.45) is 3.30. The summed E-state index contributed by atoms with van der Waals surface area (Å²) in [4.78, 5) is 32.0. The number of aryl methyl sites for hydroxylation is 1. The number of hydrogen-bond acceptors (Lipinski definition) is 5. The van der Waals surface area contributed by atoms with Gasteiger partial charge in [-0.15, -0.1) is 0 Å². The van der Waals surface area contributed by atoms with Crippen LogP contribution in [-0.4, -0.2) is 49.2 Å². The molecule has 1 aliphatic heterocycles. The standard InChI is InChI=1S/C24H32N4O4S/c1-17(2)15-21(27-33(31,32)20-11-9-18(3)10-12-20)24(30)28-14-6-7-19(16-28)23(29)26-22-8-4-5-13-25-22/h4-5,8-13,17,19,21,27H,6-7,14-16H2,1-3H3,(H,25,26,29)/t19-,21+/m0/s1. The van der Waals surface area contributed by atoms with Crippen LogP contribution < -0.4 is 10.0 Å². The van der Waals surface area contributed by atoms with E-state index in [0.29, 0.717) is 31.6 Å². The van der Waals surface area contributed by atoms with Crippen molar-refractivity contribution < 1.29 is 18.0 Å². The van der Waals surface area contributed by atoms with Crippen molar-refractivity contribution in [1.82, 2.24) is 14.6 Å². The zero-order valence-corrected chi connectivity index (χ0v) is 20.1. The lowest BCUT2D eigenvalue weighted by Crippen LogP contribution is -2.52. The van der Waals surface area contributed by atoms with Crippen molar-refractivity contribution in [2.24, 2.45) is 11.8 Å². The zero-order valence-electron chi connectivity index (χ0n) is 19.3. The van der Waals surface area contributed by atoms with Gasteiger partial charge in [-0.1, -0.05) is 37.6 Å². The number of hydrogen-bond donors (Lipinski definition) is 2. The predicted molar refractivity (Wildman–Crippen MR) is 127 cm³/mol. The second kappa shape index (κ2) is 10.9. The SMILES string of the molecule is Cc1ccc(S(=O)(=O)N[C@H](CC(C)C)C(=O)N2CCC[C@H](C(=O)Nc3ccccn3)C2)cc1. The summed E-state index contributed by atoms with van der Waals surface area (Å²) in [5.41, 5.74) is 0.951. The number of aromatic nitrogens is 1. The first kappa shape index (κ1) is 24.9. The number of sulfonamides is 1. The van der Waals surface area contributed by atoms with E-state index in [-0.39, 0.29) is 35.1 Å². The maximum absolute atomic E-state index is 13.4. The Morgan fingerprint density at radius 2 is 1.88 bits per heavy atom. The Balaban J connectivity index is 1.71. The van der Waals surface area contributed by atoms with E-state index in [1.54, 1.807) is 41.4 Å². The molecule has 0 saturated carbocycles. The van der Waals surface area contributed by atoms with Crippen molar-refractivity contribution in [2.75, 3.05) is 18.4 Å². The number of carbonyl (C=O) groups excluding carboxylic acids is 2. The van der Waals surface area contributed by atoms with Crippen LogP contribution in [0.4, 0.5) is 5.82 Å². The molecule has 8 nitrogen and oxygen atoms in total. The normalized spacial score (nSPS) is 17.6. The van der Waals surface area contributed by atoms with Crippen LogP contribution in [0, 0.1) is 18.8 Å². The van der Waals surface area contributed by atoms with Gasteiger partial charge in [-0.05, 0) is 56.4 Å². The molecule has 1 aliphatic rings. The van der Waals surface area contributed by atoms with Gasteiger partial charge in [-0.2, -0.15) is 4.72 Å². The maximum Gasteiger partial charge on any atom is 0.241 e. The smallest absolute Gasteiger partial charge is 0.241 e. The van der Waals surface area contributed by atoms with E-state index in [2.05, 4.69) is 15.0 Å². The van der Waals surface area contributed by atoms with Crippen LogP contribution >= 0.6 is 0 Å². The van der Waals surface area contributed by atoms with Crippen LogP contribution in [0.15, 0.2) is 53.6 Å². The first-order valence-corrected chi connectivity index (χ1v) is 12.7. The fraction of sp³-hybridized carbons (Fsp3) is 0.458. The summed E-state index contributed by atoms with van der Waals surface area (Å²) in [6, 6.07) is 10.9. The van der Waals surface area contributed by atoms with Gasteiger partial charge >= 0.3 is 0 Å². The number of piperidine rings is 1. The third kappa shape index (κ3) is 6.85. The molecule has 2 atom stereocenters. The molecule has 0 aliphatic carbocycles. The largest absolute Gasteiger partial charge is 0.341 e. The second-order valence-corrected chi connectivity index (χ2v) is 10.7. The quantitative estimate of drug-likeness (QED) is 0.614. The molecular weight excluding hydrogens is 440 g/mol. The van der Waals surface area contributed by atoms with Crippen LogP contribution in [0.25, 0.3) is 0 Å². The van der Waals surface area contributed by atoms with Gasteiger partial charge < -0.3 is 10.2 Å². The molecule has 2 N–H and O–H groups in total. The van der Waals surface area contributed by atoms with Crippen molar-refractivity contribution in [1.29, 1.82) is 0 Å². The van der Waals surface area contributed by atoms with Crippen molar-refractivity contribution >= 4 is 27.7 Å². The molecule has 0 bridgehead atoms. The molecule has 1 aromatic carbocycles. The van der Waals surface area contributed by atoms with E-state index >= 15 is 0 Å². The minimum absolute atomic E-state index is 0.104. The number of carbonyl (C=O) groups is 2. The lowest BCUT2D eigenvalue weighted by molar-refractivity contribution is -0.136. The van der Waals surface area contributed by atoms with Crippen LogP contribution in [0.3, 0.4) is 0 Å². The highest BCUT2D eigenvalue weighted by molar-refractivity contribution is 7.89. The number of nitrogens with zero attached hydrogens (tertiary/aromatic N) is 2. The molecule has 2 amide bonds. The van der Waals surface area contributed by atoms with E-state index in [4.69, 9.17) is 0 Å². The number of anilines is 1. The van der Waals surface area contributed by atoms with Gasteiger partial charge in [0, 0.05) is 19.3 Å². The number of nitrogens with one attached hydrogen (secondary N) is 2. The number of likely N-dealkylation sites (tertiary alicyclic amines) is 1. The number of rotatable bonds is 8. The molecule has 1 fully saturated rings. The Labute approximate surface area is 195 Å². The summed E-state index contributed by atoms with van der Waals surface area (Å²) >= 11 is 0. The third-order valence-electron chi connectivity index (χ3n) is 5.65. The molecule has 0 spiro atoms. The third-order valence-corrected chi connectivity index (χ3v) is 7.14. The molecule has 33 heavy (non-hydrogen) atoms. The van der Waals surface area contributed by atoms with Gasteiger partial charge in [0.05, 0.1) is 10.8 Å². The fourth-order valence-electron chi connectivity index (χ4n) is 3.92. The summed E-state index contributed by atoms with van der Waals surface area (Å²) < 4.78 is 28.5. The Kier molecular flexibility index (Phi) is 8.20. The summed E-state index contributed by atoms with van der Waals surface area (Å²) in [7, 11) is -3.86. The lowest BCUT2D eigenvalue weighted by atomic mass is 9.95. The summed E-state index contributed by atoms with van der Waals surface area (Å²) in [5.74, 6) is -0.290. The maximum atomic E-state index is 13.4. The Morgan fingerprint density at radius 3 is 2.52 bits per heavy atom. The topological polar surface area (TPSA) is 108 Å². The van der Waals surface area contributed by atoms with Gasteiger partial charge in [-0.25, -0.2) is 13.4 Å². The van der Waals surface area contributed by atoms with E-state index in [1.807, 2.05) is 20.8 Å². The van der Waals surface area contributed by atoms with Gasteiger partial charge in [0.25, 0.3) is 0 Å². The lowest BCUT2D eigenvalue weighted by Gasteiger charge is -2.34. The molecule has 3 rings (SSSR count). The second-order valence-electron chi connectivity index (χ2n) is 8.94. The van der Waals surface area contributed by atoms with Gasteiger partial charge in [0.2, 0.25) is 21.8 Å². The average Bonchev–Trinajstić information content (AvgIpc) is 2.78. The fourth-order valence-corrected chi connectivity index (χ4v) is 5.12. The molecule has 0 unspecified atom stereocenters. The Bertz CT molecular complexity index is 1060. The zero-order chi connectivity index (χ0) is 24.0. The minimum Gasteiger partial charge on any atom is -0.341 e. The highest BCUT2D eigenvalue weighted by Gasteiger charge is 2.34. The molecule has 9 heteroatoms. The van der Waals surface area contributed by atoms with Crippen molar-refractivity contribution in [3.05, 3.63) is 54.2 Å². The van der Waals surface area contributed by atoms with Crippen molar-refractivity contribution in [3.8, 4) is 0 Å². The van der Waals surface area contributed by atoms with E-state index in [1.165, 1.54) is 12.1 Å². The summed E-state index contributed by atoms with van der Waals surface area (Å²) in [5, 5.41) is 2.80. The molecule has 0 radical (unpaired) electrons. The first-order chi connectivity index (χ1) is 15.7. The van der Waals surface area contributed by atoms with Crippen LogP contribution in [0.5, 0.6) is 0 Å². The molecule has 178 valence electrons. The highest BCUT2D eigenvalue weighted by atomic mass is 32.2. The van der Waals surface area contributed by atoms with E-state index in [0.717, 1.165) is 5.56 Å². The molecular formula is C24H32N4O4S. The Hall–Kier alpha value is -2.78. The van der Waals surface area contributed by atoms with Gasteiger partial charge in [0.15, 0.2) is 0 Å². The van der Waals surface area contributed by atoms with E-state index < -0.39 is 16.1 Å². The highest BCUT2D eigenvalue weighted by Crippen LogP contribution is 2.21. The molecule has 2 heterocycles. The van der Waals surface area contributed by atoms with Gasteiger partial charge in [-0.3, -0.25) is 9.59 Å². The monoisotopic (exact) mass is 472 g/mol. The number of amides is 2. The summed E-state index contributed by atoms with van der Waals surface area (Å²) in [6.45, 7) is 6.51.